The lowest BCUT2D eigenvalue weighted by Gasteiger charge is -2.21. The number of aliphatic hydroxyl groups excluding tert-OH is 1. The van der Waals surface area contributed by atoms with Crippen LogP contribution in [0.5, 0.6) is 0 Å². The van der Waals surface area contributed by atoms with Crippen LogP contribution in [0.1, 0.15) is 19.4 Å². The molecule has 0 saturated heterocycles. The first-order chi connectivity index (χ1) is 11.6. The maximum Gasteiger partial charge on any atom is 0.0900 e. The predicted octanol–water partition coefficient (Wildman–Crippen LogP) is 3.07. The second-order valence-electron chi connectivity index (χ2n) is 6.48. The number of rotatable bonds is 10. The molecule has 0 aromatic heterocycles. The number of fused-ring (bicyclic) bond motifs is 1. The Bertz CT molecular complexity index is 609. The van der Waals surface area contributed by atoms with Gasteiger partial charge in [-0.3, -0.25) is 4.90 Å². The Hall–Kier alpha value is -1.46. The summed E-state index contributed by atoms with van der Waals surface area (Å²) in [5.41, 5.74) is 1.27. The number of hydrogen-bond donors (Lipinski definition) is 1. The summed E-state index contributed by atoms with van der Waals surface area (Å²) < 4.78 is 10.9. The van der Waals surface area contributed by atoms with E-state index < -0.39 is 6.10 Å². The van der Waals surface area contributed by atoms with Gasteiger partial charge in [0.25, 0.3) is 0 Å². The molecule has 0 bridgehead atoms. The van der Waals surface area contributed by atoms with Crippen molar-refractivity contribution in [1.82, 2.24) is 4.90 Å². The third-order valence-corrected chi connectivity index (χ3v) is 3.83. The summed E-state index contributed by atoms with van der Waals surface area (Å²) in [6.07, 6.45) is -0.283. The number of likely N-dealkylation sites (N-methyl/N-ethyl adjacent to an activating group) is 1. The molecule has 1 atom stereocenters. The fraction of sp³-hybridized carbons (Fsp3) is 0.500. The van der Waals surface area contributed by atoms with Gasteiger partial charge in [-0.15, -0.1) is 0 Å². The molecule has 24 heavy (non-hydrogen) atoms. The van der Waals surface area contributed by atoms with Crippen LogP contribution < -0.4 is 0 Å². The number of aliphatic hydroxyl groups is 1. The summed E-state index contributed by atoms with van der Waals surface area (Å²) in [6, 6.07) is 14.7. The molecule has 0 aliphatic rings. The lowest BCUT2D eigenvalue weighted by Crippen LogP contribution is -2.32. The van der Waals surface area contributed by atoms with E-state index in [0.29, 0.717) is 26.4 Å². The standard InChI is InChI=1S/C20H29NO3/c1-16(2)24-12-11-23-15-19(22)14-21(3)13-18-9-6-8-17-7-4-5-10-20(17)18/h4-10,16,19,22H,11-15H2,1-3H3/t19-/m1/s1. The second-order valence-corrected chi connectivity index (χ2v) is 6.48. The highest BCUT2D eigenvalue weighted by Crippen LogP contribution is 2.19. The molecule has 0 spiro atoms. The van der Waals surface area contributed by atoms with E-state index in [1.54, 1.807) is 0 Å². The van der Waals surface area contributed by atoms with Crippen molar-refractivity contribution in [3.63, 3.8) is 0 Å². The third-order valence-electron chi connectivity index (χ3n) is 3.83. The lowest BCUT2D eigenvalue weighted by atomic mass is 10.0. The Morgan fingerprint density at radius 1 is 1.04 bits per heavy atom. The van der Waals surface area contributed by atoms with Gasteiger partial charge in [0.15, 0.2) is 0 Å². The molecule has 0 fully saturated rings. The van der Waals surface area contributed by atoms with Gasteiger partial charge in [-0.1, -0.05) is 42.5 Å². The van der Waals surface area contributed by atoms with E-state index in [-0.39, 0.29) is 6.10 Å². The largest absolute Gasteiger partial charge is 0.389 e. The van der Waals surface area contributed by atoms with Crippen molar-refractivity contribution in [2.24, 2.45) is 0 Å². The van der Waals surface area contributed by atoms with Crippen LogP contribution in [0.2, 0.25) is 0 Å². The molecule has 0 aliphatic carbocycles. The van der Waals surface area contributed by atoms with Crippen molar-refractivity contribution in [1.29, 1.82) is 0 Å². The maximum atomic E-state index is 10.1. The van der Waals surface area contributed by atoms with E-state index in [2.05, 4.69) is 47.4 Å². The van der Waals surface area contributed by atoms with Gasteiger partial charge < -0.3 is 14.6 Å². The van der Waals surface area contributed by atoms with E-state index >= 15 is 0 Å². The summed E-state index contributed by atoms with van der Waals surface area (Å²) in [5.74, 6) is 0. The monoisotopic (exact) mass is 331 g/mol. The summed E-state index contributed by atoms with van der Waals surface area (Å²) in [4.78, 5) is 2.13. The topological polar surface area (TPSA) is 41.9 Å². The number of ether oxygens (including phenoxy) is 2. The first-order valence-corrected chi connectivity index (χ1v) is 8.59. The fourth-order valence-corrected chi connectivity index (χ4v) is 2.76. The molecule has 0 amide bonds. The van der Waals surface area contributed by atoms with Gasteiger partial charge in [0.1, 0.15) is 0 Å². The van der Waals surface area contributed by atoms with E-state index in [1.165, 1.54) is 16.3 Å². The Labute approximate surface area is 145 Å². The fourth-order valence-electron chi connectivity index (χ4n) is 2.76. The zero-order valence-corrected chi connectivity index (χ0v) is 14.9. The summed E-state index contributed by atoms with van der Waals surface area (Å²) in [6.45, 7) is 6.79. The van der Waals surface area contributed by atoms with Crippen molar-refractivity contribution in [3.8, 4) is 0 Å². The van der Waals surface area contributed by atoms with Crippen LogP contribution in [0.3, 0.4) is 0 Å². The molecule has 0 heterocycles. The molecule has 0 aliphatic heterocycles. The van der Waals surface area contributed by atoms with Gasteiger partial charge in [0.05, 0.1) is 32.0 Å². The molecule has 2 rings (SSSR count). The van der Waals surface area contributed by atoms with Crippen molar-refractivity contribution < 1.29 is 14.6 Å². The molecule has 4 heteroatoms. The zero-order valence-electron chi connectivity index (χ0n) is 14.9. The molecule has 4 nitrogen and oxygen atoms in total. The quantitative estimate of drug-likeness (QED) is 0.680. The van der Waals surface area contributed by atoms with Gasteiger partial charge in [-0.25, -0.2) is 0 Å². The number of benzene rings is 2. The highest BCUT2D eigenvalue weighted by atomic mass is 16.5. The molecular formula is C20H29NO3. The van der Waals surface area contributed by atoms with E-state index in [4.69, 9.17) is 9.47 Å². The maximum absolute atomic E-state index is 10.1. The summed E-state index contributed by atoms with van der Waals surface area (Å²) in [5, 5.41) is 12.6. The Balaban J connectivity index is 1.77. The first-order valence-electron chi connectivity index (χ1n) is 8.59. The van der Waals surface area contributed by atoms with Crippen LogP contribution in [0.15, 0.2) is 42.5 Å². The molecule has 0 unspecified atom stereocenters. The van der Waals surface area contributed by atoms with Crippen molar-refractivity contribution >= 4 is 10.8 Å². The van der Waals surface area contributed by atoms with E-state index in [9.17, 15) is 5.11 Å². The van der Waals surface area contributed by atoms with Crippen LogP contribution in [-0.2, 0) is 16.0 Å². The van der Waals surface area contributed by atoms with Crippen LogP contribution in [0.25, 0.3) is 10.8 Å². The molecule has 2 aromatic rings. The van der Waals surface area contributed by atoms with Crippen LogP contribution in [0, 0.1) is 0 Å². The van der Waals surface area contributed by atoms with Crippen LogP contribution >= 0.6 is 0 Å². The minimum atomic E-state index is -0.496. The lowest BCUT2D eigenvalue weighted by molar-refractivity contribution is -0.0173. The smallest absolute Gasteiger partial charge is 0.0900 e. The van der Waals surface area contributed by atoms with Crippen LogP contribution in [0.4, 0.5) is 0 Å². The minimum absolute atomic E-state index is 0.213. The Morgan fingerprint density at radius 2 is 1.79 bits per heavy atom. The number of hydrogen-bond acceptors (Lipinski definition) is 4. The van der Waals surface area contributed by atoms with Gasteiger partial charge in [0, 0.05) is 13.1 Å². The highest BCUT2D eigenvalue weighted by Gasteiger charge is 2.10. The van der Waals surface area contributed by atoms with Gasteiger partial charge >= 0.3 is 0 Å². The van der Waals surface area contributed by atoms with Gasteiger partial charge in [0.2, 0.25) is 0 Å². The van der Waals surface area contributed by atoms with Crippen molar-refractivity contribution in [3.05, 3.63) is 48.0 Å². The Kier molecular flexibility index (Phi) is 7.66. The Morgan fingerprint density at radius 3 is 2.58 bits per heavy atom. The molecule has 2 aromatic carbocycles. The average molecular weight is 331 g/mol. The molecule has 0 saturated carbocycles. The highest BCUT2D eigenvalue weighted by molar-refractivity contribution is 5.85. The second kappa shape index (κ2) is 9.74. The van der Waals surface area contributed by atoms with E-state index in [1.807, 2.05) is 20.9 Å². The van der Waals surface area contributed by atoms with Crippen LogP contribution in [-0.4, -0.2) is 55.6 Å². The third kappa shape index (κ3) is 6.21. The van der Waals surface area contributed by atoms with Crippen molar-refractivity contribution in [2.75, 3.05) is 33.4 Å². The zero-order chi connectivity index (χ0) is 17.4. The minimum Gasteiger partial charge on any atom is -0.389 e. The normalized spacial score (nSPS) is 13.1. The molecular weight excluding hydrogens is 302 g/mol. The van der Waals surface area contributed by atoms with E-state index in [0.717, 1.165) is 6.54 Å². The van der Waals surface area contributed by atoms with Gasteiger partial charge in [-0.05, 0) is 37.2 Å². The van der Waals surface area contributed by atoms with Gasteiger partial charge in [-0.2, -0.15) is 0 Å². The first kappa shape index (κ1) is 18.9. The predicted molar refractivity (Wildman–Crippen MR) is 98.2 cm³/mol. The van der Waals surface area contributed by atoms with Crippen molar-refractivity contribution in [2.45, 2.75) is 32.6 Å². The summed E-state index contributed by atoms with van der Waals surface area (Å²) >= 11 is 0. The molecule has 0 radical (unpaired) electrons. The summed E-state index contributed by atoms with van der Waals surface area (Å²) in [7, 11) is 2.02. The molecule has 132 valence electrons. The SMILES string of the molecule is CC(C)OCCOC[C@H](O)CN(C)Cc1cccc2ccccc12. The molecule has 1 N–H and O–H groups in total. The average Bonchev–Trinajstić information content (AvgIpc) is 2.54. The number of nitrogens with zero attached hydrogens (tertiary/aromatic N) is 1.